The number of rotatable bonds is 6. The number of anilines is 1. The van der Waals surface area contributed by atoms with Crippen molar-refractivity contribution in [1.82, 2.24) is 20.2 Å². The molecule has 4 rings (SSSR count). The molecule has 0 radical (unpaired) electrons. The summed E-state index contributed by atoms with van der Waals surface area (Å²) in [6.07, 6.45) is 3.76. The molecular formula is C18H17N5S. The number of thiophene rings is 1. The first-order valence-corrected chi connectivity index (χ1v) is 8.81. The van der Waals surface area contributed by atoms with Gasteiger partial charge in [-0.3, -0.25) is 5.10 Å². The average molecular weight is 335 g/mol. The maximum Gasteiger partial charge on any atom is 0.172 e. The predicted octanol–water partition coefficient (Wildman–Crippen LogP) is 4.13. The molecule has 0 amide bonds. The van der Waals surface area contributed by atoms with Crippen molar-refractivity contribution < 1.29 is 0 Å². The molecule has 1 aromatic carbocycles. The van der Waals surface area contributed by atoms with Gasteiger partial charge in [0.15, 0.2) is 5.82 Å². The molecule has 5 nitrogen and oxygen atoms in total. The lowest BCUT2D eigenvalue weighted by atomic mass is 10.2. The molecule has 0 bridgehead atoms. The van der Waals surface area contributed by atoms with Crippen molar-refractivity contribution in [2.75, 3.05) is 11.9 Å². The lowest BCUT2D eigenvalue weighted by Gasteiger charge is -2.10. The van der Waals surface area contributed by atoms with E-state index in [1.807, 2.05) is 35.7 Å². The Bertz CT molecular complexity index is 916. The highest BCUT2D eigenvalue weighted by molar-refractivity contribution is 7.13. The molecule has 24 heavy (non-hydrogen) atoms. The monoisotopic (exact) mass is 335 g/mol. The van der Waals surface area contributed by atoms with Crippen molar-refractivity contribution in [2.24, 2.45) is 0 Å². The maximum absolute atomic E-state index is 4.75. The molecule has 3 aromatic heterocycles. The molecule has 0 unspecified atom stereocenters. The molecule has 0 saturated carbocycles. The van der Waals surface area contributed by atoms with Crippen molar-refractivity contribution in [3.63, 3.8) is 0 Å². The van der Waals surface area contributed by atoms with Gasteiger partial charge in [0.2, 0.25) is 0 Å². The summed E-state index contributed by atoms with van der Waals surface area (Å²) in [6.45, 7) is 0.851. The number of nitrogens with one attached hydrogen (secondary N) is 2. The third-order valence-electron chi connectivity index (χ3n) is 3.82. The number of fused-ring (bicyclic) bond motifs is 1. The fraction of sp³-hybridized carbons (Fsp3) is 0.167. The second kappa shape index (κ2) is 6.80. The Hall–Kier alpha value is -2.73. The van der Waals surface area contributed by atoms with Gasteiger partial charge in [-0.25, -0.2) is 9.97 Å². The summed E-state index contributed by atoms with van der Waals surface area (Å²) in [4.78, 5) is 10.5. The molecule has 0 aliphatic carbocycles. The summed E-state index contributed by atoms with van der Waals surface area (Å²) in [6, 6.07) is 14.2. The molecule has 4 aromatic rings. The van der Waals surface area contributed by atoms with Gasteiger partial charge in [-0.1, -0.05) is 18.2 Å². The molecule has 3 heterocycles. The summed E-state index contributed by atoms with van der Waals surface area (Å²) in [5.41, 5.74) is 2.12. The van der Waals surface area contributed by atoms with Gasteiger partial charge in [-0.15, -0.1) is 11.3 Å². The number of para-hydroxylation sites is 1. The Morgan fingerprint density at radius 3 is 2.83 bits per heavy atom. The van der Waals surface area contributed by atoms with Gasteiger partial charge < -0.3 is 5.32 Å². The Labute approximate surface area is 143 Å². The van der Waals surface area contributed by atoms with E-state index in [4.69, 9.17) is 9.97 Å². The summed E-state index contributed by atoms with van der Waals surface area (Å²) in [7, 11) is 0. The SMILES string of the molecule is c1csc(-c2nc(NCCCc3ccn[nH]3)c3ccccc3n2)c1. The van der Waals surface area contributed by atoms with E-state index < -0.39 is 0 Å². The van der Waals surface area contributed by atoms with E-state index in [0.717, 1.165) is 52.5 Å². The fourth-order valence-corrected chi connectivity index (χ4v) is 3.29. The van der Waals surface area contributed by atoms with Crippen LogP contribution in [0.15, 0.2) is 54.0 Å². The van der Waals surface area contributed by atoms with E-state index in [1.165, 1.54) is 0 Å². The molecule has 6 heteroatoms. The van der Waals surface area contributed by atoms with Crippen LogP contribution in [0.4, 0.5) is 5.82 Å². The van der Waals surface area contributed by atoms with Gasteiger partial charge >= 0.3 is 0 Å². The number of hydrogen-bond acceptors (Lipinski definition) is 5. The molecular weight excluding hydrogens is 318 g/mol. The average Bonchev–Trinajstić information content (AvgIpc) is 3.32. The summed E-state index contributed by atoms with van der Waals surface area (Å²) in [5, 5.41) is 13.5. The number of aromatic nitrogens is 4. The van der Waals surface area contributed by atoms with Crippen LogP contribution in [0.5, 0.6) is 0 Å². The van der Waals surface area contributed by atoms with Crippen LogP contribution in [0.3, 0.4) is 0 Å². The van der Waals surface area contributed by atoms with Crippen molar-refractivity contribution in [3.8, 4) is 10.7 Å². The van der Waals surface area contributed by atoms with E-state index in [-0.39, 0.29) is 0 Å². The van der Waals surface area contributed by atoms with Gasteiger partial charge in [0.05, 0.1) is 10.4 Å². The van der Waals surface area contributed by atoms with Crippen LogP contribution >= 0.6 is 11.3 Å². The van der Waals surface area contributed by atoms with Crippen molar-refractivity contribution >= 4 is 28.1 Å². The highest BCUT2D eigenvalue weighted by Gasteiger charge is 2.09. The Balaban J connectivity index is 1.56. The minimum atomic E-state index is 0.778. The van der Waals surface area contributed by atoms with Crippen LogP contribution in [0, 0.1) is 0 Å². The second-order valence-electron chi connectivity index (χ2n) is 5.50. The molecule has 0 spiro atoms. The smallest absolute Gasteiger partial charge is 0.172 e. The van der Waals surface area contributed by atoms with Crippen molar-refractivity contribution in [2.45, 2.75) is 12.8 Å². The second-order valence-corrected chi connectivity index (χ2v) is 6.45. The van der Waals surface area contributed by atoms with Crippen molar-refractivity contribution in [3.05, 3.63) is 59.7 Å². The van der Waals surface area contributed by atoms with Crippen LogP contribution in [-0.2, 0) is 6.42 Å². The summed E-state index contributed by atoms with van der Waals surface area (Å²) < 4.78 is 0. The topological polar surface area (TPSA) is 66.5 Å². The van der Waals surface area contributed by atoms with Gasteiger partial charge in [-0.2, -0.15) is 5.10 Å². The number of H-pyrrole nitrogens is 1. The quantitative estimate of drug-likeness (QED) is 0.520. The van der Waals surface area contributed by atoms with Crippen molar-refractivity contribution in [1.29, 1.82) is 0 Å². The number of benzene rings is 1. The highest BCUT2D eigenvalue weighted by Crippen LogP contribution is 2.27. The predicted molar refractivity (Wildman–Crippen MR) is 98.2 cm³/mol. The third kappa shape index (κ3) is 3.14. The zero-order chi connectivity index (χ0) is 16.2. The number of aryl methyl sites for hydroxylation is 1. The molecule has 2 N–H and O–H groups in total. The van der Waals surface area contributed by atoms with Gasteiger partial charge in [0.25, 0.3) is 0 Å². The van der Waals surface area contributed by atoms with E-state index in [9.17, 15) is 0 Å². The molecule has 0 fully saturated rings. The van der Waals surface area contributed by atoms with E-state index in [2.05, 4.69) is 27.6 Å². The van der Waals surface area contributed by atoms with E-state index in [1.54, 1.807) is 17.5 Å². The summed E-state index contributed by atoms with van der Waals surface area (Å²) >= 11 is 1.66. The minimum Gasteiger partial charge on any atom is -0.369 e. The number of hydrogen-bond donors (Lipinski definition) is 2. The third-order valence-corrected chi connectivity index (χ3v) is 4.68. The number of nitrogens with zero attached hydrogens (tertiary/aromatic N) is 3. The summed E-state index contributed by atoms with van der Waals surface area (Å²) in [5.74, 6) is 1.67. The Morgan fingerprint density at radius 1 is 1.04 bits per heavy atom. The normalized spacial score (nSPS) is 11.0. The van der Waals surface area contributed by atoms with Crippen LogP contribution in [0.25, 0.3) is 21.6 Å². The first kappa shape index (κ1) is 14.8. The first-order valence-electron chi connectivity index (χ1n) is 7.93. The molecule has 0 atom stereocenters. The fourth-order valence-electron chi connectivity index (χ4n) is 2.64. The highest BCUT2D eigenvalue weighted by atomic mass is 32.1. The Kier molecular flexibility index (Phi) is 4.20. The molecule has 0 aliphatic heterocycles. The number of aromatic amines is 1. The van der Waals surface area contributed by atoms with E-state index >= 15 is 0 Å². The van der Waals surface area contributed by atoms with Gasteiger partial charge in [0, 0.05) is 23.8 Å². The molecule has 0 saturated heterocycles. The standard InChI is InChI=1S/C18H17N5S/c1-2-7-15-14(6-1)17(19-10-3-5-13-9-11-20-23-13)22-18(21-15)16-8-4-12-24-16/h1-2,4,6-9,11-12H,3,5,10H2,(H,20,23)(H,19,21,22). The van der Waals surface area contributed by atoms with Crippen LogP contribution < -0.4 is 5.32 Å². The zero-order valence-corrected chi connectivity index (χ0v) is 13.9. The lowest BCUT2D eigenvalue weighted by Crippen LogP contribution is -2.06. The Morgan fingerprint density at radius 2 is 2.00 bits per heavy atom. The van der Waals surface area contributed by atoms with Crippen LogP contribution in [-0.4, -0.2) is 26.7 Å². The van der Waals surface area contributed by atoms with Gasteiger partial charge in [0.1, 0.15) is 5.82 Å². The van der Waals surface area contributed by atoms with Crippen LogP contribution in [0.2, 0.25) is 0 Å². The van der Waals surface area contributed by atoms with E-state index in [0.29, 0.717) is 0 Å². The molecule has 0 aliphatic rings. The maximum atomic E-state index is 4.75. The van der Waals surface area contributed by atoms with Crippen LogP contribution in [0.1, 0.15) is 12.1 Å². The largest absolute Gasteiger partial charge is 0.369 e. The lowest BCUT2D eigenvalue weighted by molar-refractivity contribution is 0.825. The van der Waals surface area contributed by atoms with Gasteiger partial charge in [-0.05, 0) is 42.5 Å². The minimum absolute atomic E-state index is 0.778. The zero-order valence-electron chi connectivity index (χ0n) is 13.1. The molecule has 120 valence electrons. The first-order chi connectivity index (χ1) is 11.9.